The van der Waals surface area contributed by atoms with Crippen molar-refractivity contribution >= 4 is 17.5 Å². The lowest BCUT2D eigenvalue weighted by Gasteiger charge is -2.38. The van der Waals surface area contributed by atoms with Gasteiger partial charge < -0.3 is 19.5 Å². The van der Waals surface area contributed by atoms with E-state index < -0.39 is 0 Å². The molecule has 2 aliphatic rings. The third-order valence-corrected chi connectivity index (χ3v) is 6.18. The Bertz CT molecular complexity index is 1090. The first-order valence-electron chi connectivity index (χ1n) is 11.1. The molecule has 0 spiro atoms. The number of hydrogen-bond acceptors (Lipinski definition) is 4. The molecule has 2 amide bonds. The lowest BCUT2D eigenvalue weighted by molar-refractivity contribution is -0.141. The summed E-state index contributed by atoms with van der Waals surface area (Å²) in [4.78, 5) is 33.0. The van der Waals surface area contributed by atoms with Gasteiger partial charge in [-0.1, -0.05) is 48.5 Å². The first-order chi connectivity index (χ1) is 15.7. The van der Waals surface area contributed by atoms with Crippen molar-refractivity contribution in [3.63, 3.8) is 0 Å². The molecule has 2 aliphatic heterocycles. The van der Waals surface area contributed by atoms with Gasteiger partial charge in [0, 0.05) is 44.1 Å². The maximum Gasteiger partial charge on any atom is 0.275 e. The van der Waals surface area contributed by atoms with Crippen LogP contribution in [-0.2, 0) is 16.1 Å². The Balaban J connectivity index is 1.47. The van der Waals surface area contributed by atoms with E-state index in [0.717, 1.165) is 29.9 Å². The Kier molecular flexibility index (Phi) is 5.73. The Morgan fingerprint density at radius 3 is 2.34 bits per heavy atom. The summed E-state index contributed by atoms with van der Waals surface area (Å²) in [6.45, 7) is 2.44. The van der Waals surface area contributed by atoms with E-state index in [2.05, 4.69) is 5.32 Å². The quantitative estimate of drug-likeness (QED) is 0.687. The van der Waals surface area contributed by atoms with Crippen LogP contribution in [0.1, 0.15) is 40.8 Å². The molecule has 0 bridgehead atoms. The molecule has 1 fully saturated rings. The molecule has 1 N–H and O–H groups in total. The maximum absolute atomic E-state index is 13.5. The molecular formula is C25H26N4O3. The number of nitrogens with one attached hydrogen (secondary N) is 1. The molecule has 164 valence electrons. The van der Waals surface area contributed by atoms with Crippen molar-refractivity contribution in [2.75, 3.05) is 25.1 Å². The molecule has 3 aromatic rings. The van der Waals surface area contributed by atoms with Crippen LogP contribution in [0.25, 0.3) is 0 Å². The zero-order valence-electron chi connectivity index (χ0n) is 17.8. The second-order valence-electron chi connectivity index (χ2n) is 8.23. The SMILES string of the molecule is O=C(Nc1ccccc1)c1cn2c(n1)C(c1ccccc1)N(C(=O)C1CCOCC1)CC2. The molecule has 1 aromatic heterocycles. The first-order valence-corrected chi connectivity index (χ1v) is 11.1. The third-order valence-electron chi connectivity index (χ3n) is 6.18. The van der Waals surface area contributed by atoms with E-state index in [4.69, 9.17) is 9.72 Å². The average Bonchev–Trinajstić information content (AvgIpc) is 3.29. The van der Waals surface area contributed by atoms with Crippen molar-refractivity contribution in [3.8, 4) is 0 Å². The Labute approximate surface area is 187 Å². The van der Waals surface area contributed by atoms with Crippen molar-refractivity contribution in [3.05, 3.63) is 83.9 Å². The zero-order chi connectivity index (χ0) is 21.9. The molecule has 3 heterocycles. The number of imidazole rings is 1. The van der Waals surface area contributed by atoms with Crippen molar-refractivity contribution in [2.45, 2.75) is 25.4 Å². The van der Waals surface area contributed by atoms with Gasteiger partial charge in [0.15, 0.2) is 0 Å². The molecule has 1 saturated heterocycles. The van der Waals surface area contributed by atoms with Crippen LogP contribution >= 0.6 is 0 Å². The summed E-state index contributed by atoms with van der Waals surface area (Å²) in [7, 11) is 0. The first kappa shape index (κ1) is 20.5. The second kappa shape index (κ2) is 8.96. The molecule has 32 heavy (non-hydrogen) atoms. The molecule has 5 rings (SSSR count). The monoisotopic (exact) mass is 430 g/mol. The van der Waals surface area contributed by atoms with E-state index in [9.17, 15) is 9.59 Å². The highest BCUT2D eigenvalue weighted by Crippen LogP contribution is 2.34. The lowest BCUT2D eigenvalue weighted by atomic mass is 9.95. The van der Waals surface area contributed by atoms with E-state index in [-0.39, 0.29) is 23.8 Å². The minimum absolute atomic E-state index is 0.0303. The van der Waals surface area contributed by atoms with Gasteiger partial charge in [0.1, 0.15) is 17.6 Å². The minimum atomic E-state index is -0.321. The molecule has 1 atom stereocenters. The van der Waals surface area contributed by atoms with Crippen molar-refractivity contribution < 1.29 is 14.3 Å². The number of ether oxygens (including phenoxy) is 1. The molecule has 1 unspecified atom stereocenters. The number of hydrogen-bond donors (Lipinski definition) is 1. The molecule has 0 radical (unpaired) electrons. The summed E-state index contributed by atoms with van der Waals surface area (Å²) in [6, 6.07) is 18.9. The number of anilines is 1. The predicted octanol–water partition coefficient (Wildman–Crippen LogP) is 3.49. The lowest BCUT2D eigenvalue weighted by Crippen LogP contribution is -2.46. The largest absolute Gasteiger partial charge is 0.381 e. The fourth-order valence-electron chi connectivity index (χ4n) is 4.52. The summed E-state index contributed by atoms with van der Waals surface area (Å²) in [5.41, 5.74) is 2.07. The summed E-state index contributed by atoms with van der Waals surface area (Å²) in [5.74, 6) is 0.581. The van der Waals surface area contributed by atoms with E-state index in [0.29, 0.717) is 32.0 Å². The van der Waals surface area contributed by atoms with Gasteiger partial charge in [-0.2, -0.15) is 0 Å². The Hall–Kier alpha value is -3.45. The highest BCUT2D eigenvalue weighted by Gasteiger charge is 2.37. The normalized spacial score (nSPS) is 18.8. The standard InChI is InChI=1S/C25H26N4O3/c30-24(26-20-9-5-2-6-10-20)21-17-28-13-14-29(25(31)19-11-15-32-16-12-19)22(23(28)27-21)18-7-3-1-4-8-18/h1-10,17,19,22H,11-16H2,(H,26,30). The fraction of sp³-hybridized carbons (Fsp3) is 0.320. The van der Waals surface area contributed by atoms with E-state index in [1.165, 1.54) is 0 Å². The molecule has 0 saturated carbocycles. The van der Waals surface area contributed by atoms with Crippen LogP contribution < -0.4 is 5.32 Å². The number of aromatic nitrogens is 2. The van der Waals surface area contributed by atoms with E-state index in [1.54, 1.807) is 6.20 Å². The van der Waals surface area contributed by atoms with Crippen LogP contribution in [0.15, 0.2) is 66.9 Å². The van der Waals surface area contributed by atoms with Crippen LogP contribution in [0.2, 0.25) is 0 Å². The van der Waals surface area contributed by atoms with E-state index >= 15 is 0 Å². The highest BCUT2D eigenvalue weighted by molar-refractivity contribution is 6.02. The number of rotatable bonds is 4. The van der Waals surface area contributed by atoms with Gasteiger partial charge in [0.05, 0.1) is 0 Å². The van der Waals surface area contributed by atoms with Gasteiger partial charge in [-0.25, -0.2) is 4.98 Å². The van der Waals surface area contributed by atoms with Gasteiger partial charge in [-0.05, 0) is 30.5 Å². The van der Waals surface area contributed by atoms with Crippen molar-refractivity contribution in [1.29, 1.82) is 0 Å². The fourth-order valence-corrected chi connectivity index (χ4v) is 4.52. The molecular weight excluding hydrogens is 404 g/mol. The van der Waals surface area contributed by atoms with Crippen LogP contribution in [0, 0.1) is 5.92 Å². The minimum Gasteiger partial charge on any atom is -0.381 e. The van der Waals surface area contributed by atoms with Crippen LogP contribution in [0.3, 0.4) is 0 Å². The summed E-state index contributed by atoms with van der Waals surface area (Å²) < 4.78 is 7.46. The van der Waals surface area contributed by atoms with Crippen molar-refractivity contribution in [2.24, 2.45) is 5.92 Å². The molecule has 2 aromatic carbocycles. The van der Waals surface area contributed by atoms with Gasteiger partial charge in [-0.3, -0.25) is 9.59 Å². The zero-order valence-corrected chi connectivity index (χ0v) is 17.8. The highest BCUT2D eigenvalue weighted by atomic mass is 16.5. The van der Waals surface area contributed by atoms with Crippen LogP contribution in [-0.4, -0.2) is 46.0 Å². The number of para-hydroxylation sites is 1. The number of carbonyl (C=O) groups excluding carboxylic acids is 2. The Morgan fingerprint density at radius 1 is 0.938 bits per heavy atom. The second-order valence-corrected chi connectivity index (χ2v) is 8.23. The average molecular weight is 431 g/mol. The topological polar surface area (TPSA) is 76.5 Å². The number of carbonyl (C=O) groups is 2. The number of amides is 2. The van der Waals surface area contributed by atoms with Crippen LogP contribution in [0.5, 0.6) is 0 Å². The number of nitrogens with zero attached hydrogens (tertiary/aromatic N) is 3. The van der Waals surface area contributed by atoms with Crippen LogP contribution in [0.4, 0.5) is 5.69 Å². The predicted molar refractivity (Wildman–Crippen MR) is 120 cm³/mol. The van der Waals surface area contributed by atoms with Gasteiger partial charge in [-0.15, -0.1) is 0 Å². The molecule has 0 aliphatic carbocycles. The summed E-state index contributed by atoms with van der Waals surface area (Å²) in [5, 5.41) is 2.90. The smallest absolute Gasteiger partial charge is 0.275 e. The molecule has 7 heteroatoms. The van der Waals surface area contributed by atoms with Crippen molar-refractivity contribution in [1.82, 2.24) is 14.5 Å². The van der Waals surface area contributed by atoms with E-state index in [1.807, 2.05) is 70.1 Å². The molecule has 7 nitrogen and oxygen atoms in total. The Morgan fingerprint density at radius 2 is 1.62 bits per heavy atom. The maximum atomic E-state index is 13.5. The van der Waals surface area contributed by atoms with Gasteiger partial charge in [0.2, 0.25) is 5.91 Å². The summed E-state index contributed by atoms with van der Waals surface area (Å²) in [6.07, 6.45) is 3.28. The summed E-state index contributed by atoms with van der Waals surface area (Å²) >= 11 is 0. The third kappa shape index (κ3) is 4.03. The van der Waals surface area contributed by atoms with Gasteiger partial charge >= 0.3 is 0 Å². The number of benzene rings is 2. The van der Waals surface area contributed by atoms with Gasteiger partial charge in [0.25, 0.3) is 5.91 Å². The number of fused-ring (bicyclic) bond motifs is 1.